The van der Waals surface area contributed by atoms with Gasteiger partial charge in [0.2, 0.25) is 0 Å². The lowest BCUT2D eigenvalue weighted by molar-refractivity contribution is -0.167. The molecule has 0 spiro atoms. The largest absolute Gasteiger partial charge is 0.464 e. The highest BCUT2D eigenvalue weighted by Crippen LogP contribution is 2.29. The van der Waals surface area contributed by atoms with E-state index < -0.39 is 11.6 Å². The normalized spacial score (nSPS) is 13.8. The Balaban J connectivity index is 2.81. The van der Waals surface area contributed by atoms with Crippen LogP contribution in [0.25, 0.3) is 0 Å². The first kappa shape index (κ1) is 15.6. The Bertz CT molecular complexity index is 380. The van der Waals surface area contributed by atoms with Gasteiger partial charge in [0.25, 0.3) is 0 Å². The van der Waals surface area contributed by atoms with Gasteiger partial charge in [-0.25, -0.2) is 4.79 Å². The van der Waals surface area contributed by atoms with Gasteiger partial charge in [-0.05, 0) is 31.7 Å². The van der Waals surface area contributed by atoms with E-state index in [9.17, 15) is 14.3 Å². The molecule has 1 atom stereocenters. The van der Waals surface area contributed by atoms with Crippen LogP contribution >= 0.6 is 0 Å². The zero-order valence-electron chi connectivity index (χ0n) is 11.3. The van der Waals surface area contributed by atoms with Crippen LogP contribution < -0.4 is 0 Å². The van der Waals surface area contributed by atoms with E-state index in [1.165, 1.54) is 0 Å². The summed E-state index contributed by atoms with van der Waals surface area (Å²) in [5.74, 6) is -0.638. The lowest BCUT2D eigenvalue weighted by Crippen LogP contribution is -2.37. The zero-order valence-corrected chi connectivity index (χ0v) is 11.3. The Hall–Kier alpha value is -1.42. The van der Waals surface area contributed by atoms with Crippen LogP contribution in [-0.2, 0) is 15.1 Å². The average molecular weight is 268 g/mol. The molecule has 0 aliphatic rings. The summed E-state index contributed by atoms with van der Waals surface area (Å²) in [4.78, 5) is 12.0. The van der Waals surface area contributed by atoms with Crippen molar-refractivity contribution in [2.24, 2.45) is 0 Å². The minimum Gasteiger partial charge on any atom is -0.464 e. The summed E-state index contributed by atoms with van der Waals surface area (Å²) < 4.78 is 17.0. The summed E-state index contributed by atoms with van der Waals surface area (Å²) in [7, 11) is 0. The van der Waals surface area contributed by atoms with Gasteiger partial charge in [0.15, 0.2) is 5.60 Å². The molecule has 3 nitrogen and oxygen atoms in total. The Labute approximate surface area is 113 Å². The second kappa shape index (κ2) is 7.89. The van der Waals surface area contributed by atoms with Crippen molar-refractivity contribution in [2.45, 2.75) is 38.2 Å². The molecule has 0 aromatic heterocycles. The Kier molecular flexibility index (Phi) is 6.50. The number of unbranched alkanes of at least 4 members (excludes halogenated alkanes) is 2. The summed E-state index contributed by atoms with van der Waals surface area (Å²) in [6.07, 6.45) is 1.92. The van der Waals surface area contributed by atoms with Gasteiger partial charge < -0.3 is 9.84 Å². The topological polar surface area (TPSA) is 46.5 Å². The van der Waals surface area contributed by atoms with E-state index in [2.05, 4.69) is 0 Å². The molecular formula is C15H21FO3. The molecule has 4 heteroatoms. The van der Waals surface area contributed by atoms with Gasteiger partial charge in [0, 0.05) is 0 Å². The maximum absolute atomic E-state index is 12.1. The smallest absolute Gasteiger partial charge is 0.342 e. The first-order valence-electron chi connectivity index (χ1n) is 6.66. The van der Waals surface area contributed by atoms with Crippen LogP contribution in [-0.4, -0.2) is 24.4 Å². The van der Waals surface area contributed by atoms with Crippen molar-refractivity contribution >= 4 is 5.97 Å². The number of carbonyl (C=O) groups excluding carboxylic acids is 1. The highest BCUT2D eigenvalue weighted by atomic mass is 19.1. The van der Waals surface area contributed by atoms with Crippen molar-refractivity contribution in [3.05, 3.63) is 35.9 Å². The number of benzene rings is 1. The molecule has 19 heavy (non-hydrogen) atoms. The predicted molar refractivity (Wildman–Crippen MR) is 71.4 cm³/mol. The van der Waals surface area contributed by atoms with Crippen molar-refractivity contribution in [1.29, 1.82) is 0 Å². The molecule has 1 aromatic rings. The maximum Gasteiger partial charge on any atom is 0.342 e. The van der Waals surface area contributed by atoms with Crippen molar-refractivity contribution in [1.82, 2.24) is 0 Å². The summed E-state index contributed by atoms with van der Waals surface area (Å²) in [6, 6.07) is 8.75. The summed E-state index contributed by atoms with van der Waals surface area (Å²) >= 11 is 0. The van der Waals surface area contributed by atoms with Crippen LogP contribution in [0.2, 0.25) is 0 Å². The number of alkyl halides is 1. The van der Waals surface area contributed by atoms with Gasteiger partial charge in [-0.15, -0.1) is 0 Å². The van der Waals surface area contributed by atoms with E-state index in [0.717, 1.165) is 0 Å². The van der Waals surface area contributed by atoms with E-state index in [1.54, 1.807) is 31.2 Å². The first-order valence-corrected chi connectivity index (χ1v) is 6.66. The molecule has 1 aromatic carbocycles. The monoisotopic (exact) mass is 268 g/mol. The number of halogens is 1. The van der Waals surface area contributed by atoms with E-state index in [1.807, 2.05) is 6.07 Å². The van der Waals surface area contributed by atoms with Crippen molar-refractivity contribution in [3.63, 3.8) is 0 Å². The van der Waals surface area contributed by atoms with Crippen LogP contribution in [0.15, 0.2) is 30.3 Å². The number of carbonyl (C=O) groups is 1. The summed E-state index contributed by atoms with van der Waals surface area (Å²) in [6.45, 7) is 1.55. The molecule has 0 heterocycles. The van der Waals surface area contributed by atoms with E-state index in [0.29, 0.717) is 24.8 Å². The molecule has 1 N–H and O–H groups in total. The van der Waals surface area contributed by atoms with Gasteiger partial charge in [-0.1, -0.05) is 36.8 Å². The second-order valence-corrected chi connectivity index (χ2v) is 4.45. The molecule has 0 saturated carbocycles. The molecule has 0 fully saturated rings. The Morgan fingerprint density at radius 2 is 1.95 bits per heavy atom. The quantitative estimate of drug-likeness (QED) is 0.582. The SMILES string of the molecule is CCOC(=O)[C@@](O)(CCCCCF)c1ccccc1. The van der Waals surface area contributed by atoms with Crippen LogP contribution in [0.3, 0.4) is 0 Å². The highest BCUT2D eigenvalue weighted by Gasteiger charge is 2.38. The average Bonchev–Trinajstić information content (AvgIpc) is 2.44. The van der Waals surface area contributed by atoms with Crippen LogP contribution in [0.4, 0.5) is 4.39 Å². The van der Waals surface area contributed by atoms with Crippen molar-refractivity contribution < 1.29 is 19.0 Å². The van der Waals surface area contributed by atoms with E-state index >= 15 is 0 Å². The third-order valence-electron chi connectivity index (χ3n) is 3.04. The first-order chi connectivity index (χ1) is 9.15. The van der Waals surface area contributed by atoms with E-state index in [4.69, 9.17) is 4.74 Å². The molecule has 0 bridgehead atoms. The van der Waals surface area contributed by atoms with Crippen LogP contribution in [0.5, 0.6) is 0 Å². The Morgan fingerprint density at radius 1 is 1.26 bits per heavy atom. The van der Waals surface area contributed by atoms with Gasteiger partial charge in [-0.3, -0.25) is 4.39 Å². The fourth-order valence-electron chi connectivity index (χ4n) is 1.98. The molecule has 1 rings (SSSR count). The van der Waals surface area contributed by atoms with Crippen molar-refractivity contribution in [2.75, 3.05) is 13.3 Å². The van der Waals surface area contributed by atoms with Crippen LogP contribution in [0.1, 0.15) is 38.2 Å². The molecule has 0 unspecified atom stereocenters. The molecule has 0 amide bonds. The number of hydrogen-bond acceptors (Lipinski definition) is 3. The number of esters is 1. The number of rotatable bonds is 8. The highest BCUT2D eigenvalue weighted by molar-refractivity contribution is 5.81. The maximum atomic E-state index is 12.1. The van der Waals surface area contributed by atoms with E-state index in [-0.39, 0.29) is 19.7 Å². The third kappa shape index (κ3) is 4.31. The van der Waals surface area contributed by atoms with Gasteiger partial charge in [0.05, 0.1) is 13.3 Å². The molecular weight excluding hydrogens is 247 g/mol. The minimum absolute atomic E-state index is 0.221. The van der Waals surface area contributed by atoms with Crippen LogP contribution in [0, 0.1) is 0 Å². The lowest BCUT2D eigenvalue weighted by atomic mass is 9.88. The molecule has 0 aliphatic carbocycles. The van der Waals surface area contributed by atoms with Gasteiger partial charge >= 0.3 is 5.97 Å². The lowest BCUT2D eigenvalue weighted by Gasteiger charge is -2.26. The standard InChI is InChI=1S/C15H21FO3/c1-2-19-14(17)15(18,11-7-4-8-12-16)13-9-5-3-6-10-13/h3,5-6,9-10,18H,2,4,7-8,11-12H2,1H3/t15-/m1/s1. The minimum atomic E-state index is -1.63. The number of ether oxygens (including phenoxy) is 1. The molecule has 0 aliphatic heterocycles. The second-order valence-electron chi connectivity index (χ2n) is 4.45. The summed E-state index contributed by atoms with van der Waals surface area (Å²) in [5.41, 5.74) is -1.11. The third-order valence-corrected chi connectivity index (χ3v) is 3.04. The Morgan fingerprint density at radius 3 is 2.53 bits per heavy atom. The van der Waals surface area contributed by atoms with Crippen molar-refractivity contribution in [3.8, 4) is 0 Å². The zero-order chi connectivity index (χ0) is 14.1. The fourth-order valence-corrected chi connectivity index (χ4v) is 1.98. The molecule has 106 valence electrons. The summed E-state index contributed by atoms with van der Waals surface area (Å²) in [5, 5.41) is 10.6. The van der Waals surface area contributed by atoms with Gasteiger partial charge in [-0.2, -0.15) is 0 Å². The molecule has 0 radical (unpaired) electrons. The number of hydrogen-bond donors (Lipinski definition) is 1. The number of aliphatic hydroxyl groups is 1. The predicted octanol–water partition coefficient (Wildman–Crippen LogP) is 2.97. The molecule has 0 saturated heterocycles. The van der Waals surface area contributed by atoms with Gasteiger partial charge in [0.1, 0.15) is 0 Å². The fraction of sp³-hybridized carbons (Fsp3) is 0.533.